The molecule has 0 saturated carbocycles. The highest BCUT2D eigenvalue weighted by Gasteiger charge is 2.29. The van der Waals surface area contributed by atoms with Crippen LogP contribution in [0.15, 0.2) is 40.0 Å². The van der Waals surface area contributed by atoms with Crippen molar-refractivity contribution >= 4 is 45.4 Å². The first-order valence-corrected chi connectivity index (χ1v) is 13.7. The van der Waals surface area contributed by atoms with Gasteiger partial charge in [-0.3, -0.25) is 19.2 Å². The Balaban J connectivity index is 2.26. The Labute approximate surface area is 220 Å². The molecule has 16 nitrogen and oxygen atoms in total. The number of aryl methyl sites for hydroxylation is 1. The summed E-state index contributed by atoms with van der Waals surface area (Å²) in [4.78, 5) is 59.2. The first-order chi connectivity index (χ1) is 17.8. The molecule has 1 heterocycles. The van der Waals surface area contributed by atoms with Gasteiger partial charge in [-0.15, -0.1) is 11.8 Å². The number of aromatic nitrogens is 4. The van der Waals surface area contributed by atoms with Crippen LogP contribution in [0, 0.1) is 0 Å². The Morgan fingerprint density at radius 3 is 2.34 bits per heavy atom. The Bertz CT molecular complexity index is 1310. The van der Waals surface area contributed by atoms with E-state index in [2.05, 4.69) is 21.1 Å². The molecule has 1 unspecified atom stereocenters. The maximum atomic E-state index is 13.0. The molecule has 0 fully saturated rings. The van der Waals surface area contributed by atoms with Crippen LogP contribution >= 0.6 is 11.8 Å². The van der Waals surface area contributed by atoms with E-state index in [-0.39, 0.29) is 23.5 Å². The highest BCUT2D eigenvalue weighted by Crippen LogP contribution is 2.26. The third-order valence-corrected chi connectivity index (χ3v) is 8.23. The van der Waals surface area contributed by atoms with Gasteiger partial charge in [0.15, 0.2) is 9.84 Å². The van der Waals surface area contributed by atoms with Crippen molar-refractivity contribution in [2.75, 3.05) is 18.1 Å². The molecule has 6 N–H and O–H groups in total. The van der Waals surface area contributed by atoms with Gasteiger partial charge in [-0.2, -0.15) is 9.36 Å². The number of hydrogen-bond acceptors (Lipinski definition) is 11. The molecule has 2 rings (SSSR count). The lowest BCUT2D eigenvalue weighted by Gasteiger charge is -2.21. The van der Waals surface area contributed by atoms with Crippen LogP contribution in [-0.4, -0.2) is 92.3 Å². The Hall–Kier alpha value is -3.77. The van der Waals surface area contributed by atoms with E-state index in [0.29, 0.717) is 0 Å². The molecule has 3 atom stereocenters. The molecule has 18 heteroatoms. The van der Waals surface area contributed by atoms with E-state index < -0.39 is 69.0 Å². The fourth-order valence-corrected chi connectivity index (χ4v) is 6.09. The van der Waals surface area contributed by atoms with Crippen molar-refractivity contribution in [1.82, 2.24) is 30.4 Å². The largest absolute Gasteiger partial charge is 0.480 e. The van der Waals surface area contributed by atoms with Gasteiger partial charge in [-0.25, -0.2) is 13.2 Å². The molecule has 2 aromatic rings. The smallest absolute Gasteiger partial charge is 0.364 e. The Morgan fingerprint density at radius 1 is 1.13 bits per heavy atom. The predicted molar refractivity (Wildman–Crippen MR) is 133 cm³/mol. The standard InChI is InChI=1S/C20H27N7O9S2/c1-26-20(34)27(25-24-26)16(11-38(35,36)12-5-3-2-4-6-12)37-10-14(18(31)22-9-17(29)30)23-15(28)8-7-13(21)19(32)33/h2-6,13-14,16H,7-11,21H2,1H3,(H,22,31)(H,23,28)(H,29,30)(H,32,33)/t13-,14-,16?/m0/s1. The van der Waals surface area contributed by atoms with Crippen LogP contribution in [0.3, 0.4) is 0 Å². The number of tetrazole rings is 1. The Kier molecular flexibility index (Phi) is 11.0. The van der Waals surface area contributed by atoms with Crippen molar-refractivity contribution in [2.45, 2.75) is 35.2 Å². The van der Waals surface area contributed by atoms with Gasteiger partial charge in [0.05, 0.1) is 10.6 Å². The number of nitrogens with zero attached hydrogens (tertiary/aromatic N) is 4. The van der Waals surface area contributed by atoms with E-state index in [1.54, 1.807) is 6.07 Å². The molecule has 0 radical (unpaired) electrons. The van der Waals surface area contributed by atoms with Crippen LogP contribution in [0.25, 0.3) is 0 Å². The van der Waals surface area contributed by atoms with Crippen LogP contribution < -0.4 is 22.1 Å². The predicted octanol–water partition coefficient (Wildman–Crippen LogP) is -2.44. The van der Waals surface area contributed by atoms with Crippen molar-refractivity contribution in [3.05, 3.63) is 40.8 Å². The fourth-order valence-electron chi connectivity index (χ4n) is 2.96. The van der Waals surface area contributed by atoms with Crippen LogP contribution in [0.1, 0.15) is 18.2 Å². The highest BCUT2D eigenvalue weighted by molar-refractivity contribution is 8.00. The summed E-state index contributed by atoms with van der Waals surface area (Å²) in [5, 5.41) is 28.3. The number of benzene rings is 1. The van der Waals surface area contributed by atoms with Crippen molar-refractivity contribution in [2.24, 2.45) is 12.8 Å². The van der Waals surface area contributed by atoms with Gasteiger partial charge in [0.1, 0.15) is 24.0 Å². The summed E-state index contributed by atoms with van der Waals surface area (Å²) in [6, 6.07) is 4.75. The molecule has 0 bridgehead atoms. The minimum Gasteiger partial charge on any atom is -0.480 e. The lowest BCUT2D eigenvalue weighted by Crippen LogP contribution is -2.49. The molecule has 0 aliphatic carbocycles. The molecule has 0 spiro atoms. The van der Waals surface area contributed by atoms with E-state index in [0.717, 1.165) is 21.1 Å². The number of nitrogens with one attached hydrogen (secondary N) is 2. The normalized spacial score (nSPS) is 13.7. The van der Waals surface area contributed by atoms with Gasteiger partial charge >= 0.3 is 17.6 Å². The number of rotatable bonds is 15. The van der Waals surface area contributed by atoms with E-state index in [4.69, 9.17) is 15.9 Å². The highest BCUT2D eigenvalue weighted by atomic mass is 32.2. The van der Waals surface area contributed by atoms with Crippen LogP contribution in [0.2, 0.25) is 0 Å². The first-order valence-electron chi connectivity index (χ1n) is 11.0. The SMILES string of the molecule is Cn1nnn(C(CS(=O)(=O)c2ccccc2)SC[C@H](NC(=O)CC[C@H](N)C(=O)O)C(=O)NCC(=O)O)c1=O. The monoisotopic (exact) mass is 573 g/mol. The van der Waals surface area contributed by atoms with Gasteiger partial charge in [0.2, 0.25) is 11.8 Å². The zero-order chi connectivity index (χ0) is 28.5. The van der Waals surface area contributed by atoms with Crippen LogP contribution in [0.4, 0.5) is 0 Å². The minimum absolute atomic E-state index is 0.0126. The van der Waals surface area contributed by atoms with E-state index in [1.165, 1.54) is 31.3 Å². The zero-order valence-corrected chi connectivity index (χ0v) is 21.7. The molecular weight excluding hydrogens is 546 g/mol. The van der Waals surface area contributed by atoms with E-state index >= 15 is 0 Å². The van der Waals surface area contributed by atoms with E-state index in [1.807, 2.05) is 0 Å². The number of carboxylic acids is 2. The quantitative estimate of drug-likeness (QED) is 0.149. The summed E-state index contributed by atoms with van der Waals surface area (Å²) in [7, 11) is -2.64. The van der Waals surface area contributed by atoms with Crippen LogP contribution in [0.5, 0.6) is 0 Å². The summed E-state index contributed by atoms with van der Waals surface area (Å²) >= 11 is 0.792. The number of amides is 2. The number of hydrogen-bond donors (Lipinski definition) is 5. The molecule has 2 amide bonds. The maximum absolute atomic E-state index is 13.0. The van der Waals surface area contributed by atoms with Gasteiger partial charge in [0, 0.05) is 19.2 Å². The number of sulfone groups is 1. The molecular formula is C20H27N7O9S2. The second kappa shape index (κ2) is 13.7. The molecule has 38 heavy (non-hydrogen) atoms. The lowest BCUT2D eigenvalue weighted by atomic mass is 10.1. The molecule has 0 aliphatic heterocycles. The van der Waals surface area contributed by atoms with Gasteiger partial charge in [-0.1, -0.05) is 18.2 Å². The summed E-state index contributed by atoms with van der Waals surface area (Å²) in [6.45, 7) is -0.755. The lowest BCUT2D eigenvalue weighted by molar-refractivity contribution is -0.139. The van der Waals surface area contributed by atoms with Crippen molar-refractivity contribution in [3.8, 4) is 0 Å². The summed E-state index contributed by atoms with van der Waals surface area (Å²) < 4.78 is 27.7. The van der Waals surface area contributed by atoms with E-state index in [9.17, 15) is 32.4 Å². The second-order valence-corrected chi connectivity index (χ2v) is 11.2. The average Bonchev–Trinajstić information content (AvgIpc) is 3.20. The first kappa shape index (κ1) is 30.5. The molecule has 0 aliphatic rings. The van der Waals surface area contributed by atoms with Gasteiger partial charge < -0.3 is 26.6 Å². The molecule has 1 aromatic heterocycles. The minimum atomic E-state index is -3.95. The number of nitrogens with two attached hydrogens (primary N) is 1. The third-order valence-electron chi connectivity index (χ3n) is 5.00. The Morgan fingerprint density at radius 2 is 1.79 bits per heavy atom. The van der Waals surface area contributed by atoms with Gasteiger partial charge in [0.25, 0.3) is 0 Å². The molecule has 0 saturated heterocycles. The zero-order valence-electron chi connectivity index (χ0n) is 20.1. The fraction of sp³-hybridized carbons (Fsp3) is 0.450. The van der Waals surface area contributed by atoms with Gasteiger partial charge in [-0.05, 0) is 29.0 Å². The topological polar surface area (TPSA) is 246 Å². The number of carbonyl (C=O) groups excluding carboxylic acids is 2. The number of thioether (sulfide) groups is 1. The van der Waals surface area contributed by atoms with Crippen molar-refractivity contribution in [1.29, 1.82) is 0 Å². The molecule has 208 valence electrons. The summed E-state index contributed by atoms with van der Waals surface area (Å²) in [6.07, 6.45) is -0.582. The van der Waals surface area contributed by atoms with Crippen LogP contribution in [-0.2, 0) is 36.1 Å². The second-order valence-electron chi connectivity index (χ2n) is 7.93. The third kappa shape index (κ3) is 8.96. The summed E-state index contributed by atoms with van der Waals surface area (Å²) in [5.41, 5.74) is 4.66. The number of aliphatic carboxylic acids is 2. The maximum Gasteiger partial charge on any atom is 0.364 e. The van der Waals surface area contributed by atoms with Crippen molar-refractivity contribution in [3.63, 3.8) is 0 Å². The molecule has 1 aromatic carbocycles. The number of carbonyl (C=O) groups is 4. The van der Waals surface area contributed by atoms with Crippen molar-refractivity contribution < 1.29 is 37.8 Å². The summed E-state index contributed by atoms with van der Waals surface area (Å²) in [5.74, 6) is -5.23. The average molecular weight is 574 g/mol. The number of carboxylic acid groups (broad SMARTS) is 2.